The van der Waals surface area contributed by atoms with Crippen molar-refractivity contribution in [3.63, 3.8) is 0 Å². The zero-order chi connectivity index (χ0) is 59.9. The first-order valence-corrected chi connectivity index (χ1v) is 37.5. The molecule has 0 spiro atoms. The molecule has 488 valence electrons. The molecule has 0 fully saturated rings. The van der Waals surface area contributed by atoms with Crippen molar-refractivity contribution in [2.45, 2.75) is 425 Å². The van der Waals surface area contributed by atoms with Gasteiger partial charge in [0.1, 0.15) is 13.2 Å². The molecule has 0 radical (unpaired) electrons. The Kier molecular flexibility index (Phi) is 70.0. The lowest BCUT2D eigenvalue weighted by Gasteiger charge is -2.18. The average Bonchev–Trinajstić information content (AvgIpc) is 3.49. The highest BCUT2D eigenvalue weighted by atomic mass is 16.6. The van der Waals surface area contributed by atoms with E-state index in [9.17, 15) is 14.4 Å². The van der Waals surface area contributed by atoms with Crippen LogP contribution in [0.3, 0.4) is 0 Å². The molecule has 0 aromatic carbocycles. The number of esters is 3. The standard InChI is InChI=1S/C77H144O6/c1-4-7-10-13-16-19-22-25-27-29-31-33-35-37-38-40-41-43-45-47-49-52-55-58-61-64-67-70-76(79)82-73-74(72-81-75(78)69-66-63-60-57-54-51-24-21-18-15-12-9-6-3)83-77(80)71-68-65-62-59-56-53-50-48-46-44-42-39-36-34-32-30-28-26-23-20-17-14-11-8-5-2/h22,25,29-32,74H,4-21,23-24,26-28,33-73H2,1-3H3/b25-22-,31-29-,32-30-. The lowest BCUT2D eigenvalue weighted by atomic mass is 10.0. The number of carbonyl (C=O) groups is 3. The molecule has 0 bridgehead atoms. The first kappa shape index (κ1) is 80.6. The Balaban J connectivity index is 4.20. The summed E-state index contributed by atoms with van der Waals surface area (Å²) in [5.41, 5.74) is 0. The second kappa shape index (κ2) is 72.1. The van der Waals surface area contributed by atoms with Crippen LogP contribution in [0.25, 0.3) is 0 Å². The van der Waals surface area contributed by atoms with E-state index in [-0.39, 0.29) is 31.1 Å². The summed E-state index contributed by atoms with van der Waals surface area (Å²) in [5, 5.41) is 0. The number of hydrogen-bond acceptors (Lipinski definition) is 6. The molecule has 0 saturated heterocycles. The van der Waals surface area contributed by atoms with Crippen molar-refractivity contribution in [2.24, 2.45) is 0 Å². The van der Waals surface area contributed by atoms with Crippen LogP contribution < -0.4 is 0 Å². The molecule has 6 heteroatoms. The quantitative estimate of drug-likeness (QED) is 0.0261. The van der Waals surface area contributed by atoms with E-state index in [2.05, 4.69) is 57.2 Å². The predicted octanol–water partition coefficient (Wildman–Crippen LogP) is 25.9. The molecular weight excluding hydrogens is 1020 g/mol. The minimum absolute atomic E-state index is 0.0658. The van der Waals surface area contributed by atoms with Crippen LogP contribution in [-0.2, 0) is 28.6 Å². The van der Waals surface area contributed by atoms with Gasteiger partial charge >= 0.3 is 17.9 Å². The summed E-state index contributed by atoms with van der Waals surface area (Å²) >= 11 is 0. The fourth-order valence-electron chi connectivity index (χ4n) is 11.5. The summed E-state index contributed by atoms with van der Waals surface area (Å²) in [6, 6.07) is 0. The molecule has 6 nitrogen and oxygen atoms in total. The van der Waals surface area contributed by atoms with Gasteiger partial charge in [0.05, 0.1) is 0 Å². The van der Waals surface area contributed by atoms with E-state index < -0.39 is 6.10 Å². The molecule has 0 aromatic rings. The average molecular weight is 1170 g/mol. The van der Waals surface area contributed by atoms with Crippen molar-refractivity contribution in [3.05, 3.63) is 36.5 Å². The molecule has 83 heavy (non-hydrogen) atoms. The van der Waals surface area contributed by atoms with Gasteiger partial charge in [0, 0.05) is 19.3 Å². The van der Waals surface area contributed by atoms with Crippen LogP contribution >= 0.6 is 0 Å². The van der Waals surface area contributed by atoms with Gasteiger partial charge in [0.15, 0.2) is 6.10 Å². The fraction of sp³-hybridized carbons (Fsp3) is 0.883. The van der Waals surface area contributed by atoms with Gasteiger partial charge in [0.2, 0.25) is 0 Å². The Morgan fingerprint density at radius 1 is 0.241 bits per heavy atom. The summed E-state index contributed by atoms with van der Waals surface area (Å²) in [7, 11) is 0. The summed E-state index contributed by atoms with van der Waals surface area (Å²) in [5.74, 6) is -0.834. The lowest BCUT2D eigenvalue weighted by molar-refractivity contribution is -0.167. The first-order chi connectivity index (χ1) is 41.0. The monoisotopic (exact) mass is 1170 g/mol. The maximum atomic E-state index is 13.0. The summed E-state index contributed by atoms with van der Waals surface area (Å²) in [6.45, 7) is 6.71. The van der Waals surface area contributed by atoms with Gasteiger partial charge < -0.3 is 14.2 Å². The van der Waals surface area contributed by atoms with E-state index in [0.29, 0.717) is 19.3 Å². The van der Waals surface area contributed by atoms with Crippen molar-refractivity contribution >= 4 is 17.9 Å². The van der Waals surface area contributed by atoms with E-state index in [1.807, 2.05) is 0 Å². The number of unbranched alkanes of at least 4 members (excludes halogenated alkanes) is 53. The Bertz CT molecular complexity index is 1380. The lowest BCUT2D eigenvalue weighted by Crippen LogP contribution is -2.30. The van der Waals surface area contributed by atoms with Crippen LogP contribution in [0, 0.1) is 0 Å². The number of ether oxygens (including phenoxy) is 3. The number of rotatable bonds is 70. The Morgan fingerprint density at radius 2 is 0.434 bits per heavy atom. The Morgan fingerprint density at radius 3 is 0.675 bits per heavy atom. The van der Waals surface area contributed by atoms with Gasteiger partial charge in [-0.1, -0.05) is 359 Å². The van der Waals surface area contributed by atoms with Crippen LogP contribution in [0.1, 0.15) is 419 Å². The van der Waals surface area contributed by atoms with Crippen LogP contribution in [0.5, 0.6) is 0 Å². The number of allylic oxidation sites excluding steroid dienone is 6. The third kappa shape index (κ3) is 70.3. The van der Waals surface area contributed by atoms with Crippen molar-refractivity contribution < 1.29 is 28.6 Å². The molecule has 0 amide bonds. The summed E-state index contributed by atoms with van der Waals surface area (Å²) in [6.07, 6.45) is 90.4. The molecule has 1 unspecified atom stereocenters. The Hall–Kier alpha value is -2.37. The smallest absolute Gasteiger partial charge is 0.306 e. The van der Waals surface area contributed by atoms with Crippen LogP contribution in [-0.4, -0.2) is 37.2 Å². The highest BCUT2D eigenvalue weighted by molar-refractivity contribution is 5.71. The van der Waals surface area contributed by atoms with Gasteiger partial charge in [0.25, 0.3) is 0 Å². The zero-order valence-electron chi connectivity index (χ0n) is 56.2. The maximum Gasteiger partial charge on any atom is 0.306 e. The van der Waals surface area contributed by atoms with Gasteiger partial charge in [-0.15, -0.1) is 0 Å². The predicted molar refractivity (Wildman–Crippen MR) is 362 cm³/mol. The van der Waals surface area contributed by atoms with Gasteiger partial charge in [-0.05, 0) is 77.0 Å². The SMILES string of the molecule is CCCCCCC/C=C\C/C=C\CCCCCCCCCCCCCCCCCC(=O)OCC(COC(=O)CCCCCCCCCCCCCCC)OC(=O)CCCCCCCCCCCCCCC/C=C\CCCCCCCCCC. The minimum atomic E-state index is -0.770. The van der Waals surface area contributed by atoms with Crippen molar-refractivity contribution in [3.8, 4) is 0 Å². The van der Waals surface area contributed by atoms with Gasteiger partial charge in [-0.25, -0.2) is 0 Å². The molecule has 0 N–H and O–H groups in total. The molecule has 0 aliphatic rings. The number of carbonyl (C=O) groups excluding carboxylic acids is 3. The van der Waals surface area contributed by atoms with E-state index in [1.54, 1.807) is 0 Å². The second-order valence-electron chi connectivity index (χ2n) is 25.6. The third-order valence-corrected chi connectivity index (χ3v) is 17.1. The third-order valence-electron chi connectivity index (χ3n) is 17.1. The van der Waals surface area contributed by atoms with E-state index in [1.165, 1.54) is 315 Å². The van der Waals surface area contributed by atoms with Crippen molar-refractivity contribution in [1.82, 2.24) is 0 Å². The first-order valence-electron chi connectivity index (χ1n) is 37.5. The van der Waals surface area contributed by atoms with E-state index in [4.69, 9.17) is 14.2 Å². The minimum Gasteiger partial charge on any atom is -0.462 e. The van der Waals surface area contributed by atoms with E-state index in [0.717, 1.165) is 64.2 Å². The maximum absolute atomic E-state index is 13.0. The van der Waals surface area contributed by atoms with E-state index >= 15 is 0 Å². The number of hydrogen-bond donors (Lipinski definition) is 0. The highest BCUT2D eigenvalue weighted by Gasteiger charge is 2.20. The highest BCUT2D eigenvalue weighted by Crippen LogP contribution is 2.19. The van der Waals surface area contributed by atoms with Gasteiger partial charge in [-0.2, -0.15) is 0 Å². The molecular formula is C77H144O6. The van der Waals surface area contributed by atoms with Crippen molar-refractivity contribution in [1.29, 1.82) is 0 Å². The molecule has 0 rings (SSSR count). The second-order valence-corrected chi connectivity index (χ2v) is 25.6. The van der Waals surface area contributed by atoms with Crippen molar-refractivity contribution in [2.75, 3.05) is 13.2 Å². The molecule has 0 aliphatic heterocycles. The van der Waals surface area contributed by atoms with Crippen LogP contribution in [0.15, 0.2) is 36.5 Å². The Labute approximate surface area is 518 Å². The molecule has 0 aromatic heterocycles. The fourth-order valence-corrected chi connectivity index (χ4v) is 11.5. The largest absolute Gasteiger partial charge is 0.462 e. The molecule has 1 atom stereocenters. The molecule has 0 saturated carbocycles. The molecule has 0 heterocycles. The topological polar surface area (TPSA) is 78.9 Å². The summed E-state index contributed by atoms with van der Waals surface area (Å²) < 4.78 is 17.0. The van der Waals surface area contributed by atoms with Crippen LogP contribution in [0.4, 0.5) is 0 Å². The van der Waals surface area contributed by atoms with Crippen LogP contribution in [0.2, 0.25) is 0 Å². The molecule has 0 aliphatic carbocycles. The zero-order valence-corrected chi connectivity index (χ0v) is 56.2. The van der Waals surface area contributed by atoms with Gasteiger partial charge in [-0.3, -0.25) is 14.4 Å². The normalized spacial score (nSPS) is 12.2. The summed E-state index contributed by atoms with van der Waals surface area (Å²) in [4.78, 5) is 38.5.